The molecule has 1 atom stereocenters. The van der Waals surface area contributed by atoms with Crippen molar-refractivity contribution in [2.75, 3.05) is 13.1 Å². The lowest BCUT2D eigenvalue weighted by molar-refractivity contribution is -0.130. The number of amides is 3. The summed E-state index contributed by atoms with van der Waals surface area (Å²) >= 11 is 0. The highest BCUT2D eigenvalue weighted by Crippen LogP contribution is 2.20. The summed E-state index contributed by atoms with van der Waals surface area (Å²) in [5.74, 6) is -0.322. The van der Waals surface area contributed by atoms with Gasteiger partial charge in [-0.15, -0.1) is 0 Å². The summed E-state index contributed by atoms with van der Waals surface area (Å²) in [5, 5.41) is 5.27. The maximum absolute atomic E-state index is 12.0. The fourth-order valence-electron chi connectivity index (χ4n) is 2.38. The van der Waals surface area contributed by atoms with Crippen molar-refractivity contribution >= 4 is 17.7 Å². The third kappa shape index (κ3) is 4.34. The first kappa shape index (κ1) is 16.1. The number of likely N-dealkylation sites (tertiary alicyclic amines) is 1. The fourth-order valence-corrected chi connectivity index (χ4v) is 2.38. The predicted molar refractivity (Wildman–Crippen MR) is 78.5 cm³/mol. The second-order valence-electron chi connectivity index (χ2n) is 5.69. The first-order chi connectivity index (χ1) is 10.5. The van der Waals surface area contributed by atoms with E-state index in [1.807, 2.05) is 13.8 Å². The SMILES string of the molecule is CC(C)NC(=O)CNC(=O)C1CC(=O)N(Cc2ccco2)C1. The van der Waals surface area contributed by atoms with Gasteiger partial charge in [0.25, 0.3) is 0 Å². The van der Waals surface area contributed by atoms with Crippen molar-refractivity contribution in [2.45, 2.75) is 32.9 Å². The van der Waals surface area contributed by atoms with Crippen LogP contribution in [0.4, 0.5) is 0 Å². The van der Waals surface area contributed by atoms with Crippen molar-refractivity contribution in [2.24, 2.45) is 5.92 Å². The molecule has 1 fully saturated rings. The third-order valence-electron chi connectivity index (χ3n) is 3.38. The summed E-state index contributed by atoms with van der Waals surface area (Å²) in [7, 11) is 0. The lowest BCUT2D eigenvalue weighted by atomic mass is 10.1. The van der Waals surface area contributed by atoms with Crippen molar-refractivity contribution in [3.8, 4) is 0 Å². The summed E-state index contributed by atoms with van der Waals surface area (Å²) < 4.78 is 5.21. The molecule has 2 heterocycles. The van der Waals surface area contributed by atoms with E-state index in [4.69, 9.17) is 4.42 Å². The third-order valence-corrected chi connectivity index (χ3v) is 3.38. The highest BCUT2D eigenvalue weighted by atomic mass is 16.3. The Bertz CT molecular complexity index is 539. The van der Waals surface area contributed by atoms with E-state index in [-0.39, 0.29) is 36.7 Å². The molecule has 1 aromatic rings. The first-order valence-electron chi connectivity index (χ1n) is 7.33. The Morgan fingerprint density at radius 1 is 1.45 bits per heavy atom. The van der Waals surface area contributed by atoms with Crippen LogP contribution in [0.15, 0.2) is 22.8 Å². The lowest BCUT2D eigenvalue weighted by Crippen LogP contribution is -2.42. The number of hydrogen-bond acceptors (Lipinski definition) is 4. The zero-order valence-corrected chi connectivity index (χ0v) is 12.8. The largest absolute Gasteiger partial charge is 0.467 e. The van der Waals surface area contributed by atoms with E-state index in [9.17, 15) is 14.4 Å². The van der Waals surface area contributed by atoms with Crippen LogP contribution in [0, 0.1) is 5.92 Å². The van der Waals surface area contributed by atoms with Gasteiger partial charge in [-0.25, -0.2) is 0 Å². The van der Waals surface area contributed by atoms with E-state index >= 15 is 0 Å². The predicted octanol–water partition coefficient (Wildman–Crippen LogP) is 0.269. The van der Waals surface area contributed by atoms with Crippen LogP contribution in [-0.4, -0.2) is 41.8 Å². The monoisotopic (exact) mass is 307 g/mol. The summed E-state index contributed by atoms with van der Waals surface area (Å²) in [6, 6.07) is 3.57. The average Bonchev–Trinajstić information content (AvgIpc) is 3.06. The van der Waals surface area contributed by atoms with Gasteiger partial charge in [-0.2, -0.15) is 0 Å². The maximum atomic E-state index is 12.0. The van der Waals surface area contributed by atoms with Crippen molar-refractivity contribution in [3.05, 3.63) is 24.2 Å². The van der Waals surface area contributed by atoms with E-state index in [2.05, 4.69) is 10.6 Å². The van der Waals surface area contributed by atoms with Gasteiger partial charge < -0.3 is 20.0 Å². The molecule has 1 aliphatic heterocycles. The molecule has 1 unspecified atom stereocenters. The summed E-state index contributed by atoms with van der Waals surface area (Å²) in [5.41, 5.74) is 0. The minimum Gasteiger partial charge on any atom is -0.467 e. The molecule has 0 radical (unpaired) electrons. The molecule has 120 valence electrons. The van der Waals surface area contributed by atoms with Crippen LogP contribution in [0.25, 0.3) is 0 Å². The van der Waals surface area contributed by atoms with Crippen LogP contribution in [-0.2, 0) is 20.9 Å². The van der Waals surface area contributed by atoms with Crippen molar-refractivity contribution in [1.29, 1.82) is 0 Å². The Balaban J connectivity index is 1.79. The average molecular weight is 307 g/mol. The molecule has 0 bridgehead atoms. The van der Waals surface area contributed by atoms with Crippen LogP contribution < -0.4 is 10.6 Å². The molecule has 0 saturated carbocycles. The molecule has 7 nitrogen and oxygen atoms in total. The summed E-state index contributed by atoms with van der Waals surface area (Å²) in [6.45, 7) is 4.34. The highest BCUT2D eigenvalue weighted by Gasteiger charge is 2.34. The molecule has 0 aromatic carbocycles. The number of hydrogen-bond donors (Lipinski definition) is 2. The Kier molecular flexibility index (Phi) is 5.19. The van der Waals surface area contributed by atoms with Gasteiger partial charge in [0.1, 0.15) is 5.76 Å². The molecule has 0 spiro atoms. The van der Waals surface area contributed by atoms with Gasteiger partial charge in [0.15, 0.2) is 0 Å². The first-order valence-corrected chi connectivity index (χ1v) is 7.33. The van der Waals surface area contributed by atoms with Gasteiger partial charge in [-0.3, -0.25) is 14.4 Å². The number of rotatable bonds is 6. The van der Waals surface area contributed by atoms with Crippen molar-refractivity contribution in [1.82, 2.24) is 15.5 Å². The van der Waals surface area contributed by atoms with Crippen LogP contribution in [0.1, 0.15) is 26.0 Å². The molecule has 3 amide bonds. The zero-order valence-electron chi connectivity index (χ0n) is 12.8. The molecule has 1 aliphatic rings. The molecule has 1 aromatic heterocycles. The molecule has 0 aliphatic carbocycles. The minimum atomic E-state index is -0.422. The van der Waals surface area contributed by atoms with E-state index in [1.54, 1.807) is 23.3 Å². The number of nitrogens with one attached hydrogen (secondary N) is 2. The molecule has 2 rings (SSSR count). The minimum absolute atomic E-state index is 0.0289. The molecule has 22 heavy (non-hydrogen) atoms. The number of furan rings is 1. The Morgan fingerprint density at radius 3 is 2.86 bits per heavy atom. The number of carbonyl (C=O) groups is 3. The van der Waals surface area contributed by atoms with E-state index < -0.39 is 5.92 Å². The van der Waals surface area contributed by atoms with Gasteiger partial charge >= 0.3 is 0 Å². The van der Waals surface area contributed by atoms with E-state index in [1.165, 1.54) is 0 Å². The second kappa shape index (κ2) is 7.11. The Morgan fingerprint density at radius 2 is 2.23 bits per heavy atom. The van der Waals surface area contributed by atoms with Crippen molar-refractivity contribution in [3.63, 3.8) is 0 Å². The second-order valence-corrected chi connectivity index (χ2v) is 5.69. The zero-order chi connectivity index (χ0) is 16.1. The maximum Gasteiger partial charge on any atom is 0.239 e. The summed E-state index contributed by atoms with van der Waals surface area (Å²) in [4.78, 5) is 37.1. The Labute approximate surface area is 129 Å². The van der Waals surface area contributed by atoms with Gasteiger partial charge in [-0.05, 0) is 26.0 Å². The number of carbonyl (C=O) groups excluding carboxylic acids is 3. The van der Waals surface area contributed by atoms with Gasteiger partial charge in [-0.1, -0.05) is 0 Å². The molecule has 7 heteroatoms. The van der Waals surface area contributed by atoms with E-state index in [0.717, 1.165) is 0 Å². The number of nitrogens with zero attached hydrogens (tertiary/aromatic N) is 1. The van der Waals surface area contributed by atoms with Gasteiger partial charge in [0.05, 0.1) is 25.3 Å². The summed E-state index contributed by atoms with van der Waals surface area (Å²) in [6.07, 6.45) is 1.71. The van der Waals surface area contributed by atoms with E-state index in [0.29, 0.717) is 18.8 Å². The molecular formula is C15H21N3O4. The van der Waals surface area contributed by atoms with Crippen LogP contribution in [0.5, 0.6) is 0 Å². The normalized spacial score (nSPS) is 17.9. The van der Waals surface area contributed by atoms with Crippen molar-refractivity contribution < 1.29 is 18.8 Å². The Hall–Kier alpha value is -2.31. The van der Waals surface area contributed by atoms with Crippen LogP contribution >= 0.6 is 0 Å². The molecular weight excluding hydrogens is 286 g/mol. The topological polar surface area (TPSA) is 91.7 Å². The molecule has 1 saturated heterocycles. The van der Waals surface area contributed by atoms with Crippen LogP contribution in [0.2, 0.25) is 0 Å². The fraction of sp³-hybridized carbons (Fsp3) is 0.533. The quantitative estimate of drug-likeness (QED) is 0.789. The highest BCUT2D eigenvalue weighted by molar-refractivity contribution is 5.91. The van der Waals surface area contributed by atoms with Gasteiger partial charge in [0, 0.05) is 19.0 Å². The van der Waals surface area contributed by atoms with Crippen LogP contribution in [0.3, 0.4) is 0 Å². The standard InChI is InChI=1S/C15H21N3O4/c1-10(2)17-13(19)7-16-15(21)11-6-14(20)18(8-11)9-12-4-3-5-22-12/h3-5,10-11H,6-9H2,1-2H3,(H,16,21)(H,17,19). The smallest absolute Gasteiger partial charge is 0.239 e. The van der Waals surface area contributed by atoms with Gasteiger partial charge in [0.2, 0.25) is 17.7 Å². The lowest BCUT2D eigenvalue weighted by Gasteiger charge is -2.15. The molecule has 2 N–H and O–H groups in total.